The maximum atomic E-state index is 12.3. The van der Waals surface area contributed by atoms with Gasteiger partial charge in [-0.3, -0.25) is 4.79 Å². The van der Waals surface area contributed by atoms with E-state index in [2.05, 4.69) is 11.9 Å². The van der Waals surface area contributed by atoms with Gasteiger partial charge >= 0.3 is 0 Å². The molecule has 0 aliphatic heterocycles. The highest BCUT2D eigenvalue weighted by molar-refractivity contribution is 6.06. The summed E-state index contributed by atoms with van der Waals surface area (Å²) < 4.78 is 10.6. The molecule has 108 valence electrons. The molecule has 2 aromatic rings. The molecule has 2 rings (SSSR count). The number of anilines is 1. The van der Waals surface area contributed by atoms with Gasteiger partial charge in [-0.25, -0.2) is 0 Å². The molecule has 1 amide bonds. The first-order valence-electron chi connectivity index (χ1n) is 6.52. The number of amides is 1. The van der Waals surface area contributed by atoms with Crippen LogP contribution >= 0.6 is 0 Å². The van der Waals surface area contributed by atoms with Crippen LogP contribution < -0.4 is 14.8 Å². The molecule has 4 heteroatoms. The number of hydrogen-bond acceptors (Lipinski definition) is 3. The third kappa shape index (κ3) is 3.86. The number of carbonyl (C=O) groups is 1. The van der Waals surface area contributed by atoms with Crippen molar-refractivity contribution in [1.82, 2.24) is 0 Å². The van der Waals surface area contributed by atoms with Crippen LogP contribution in [-0.2, 0) is 0 Å². The van der Waals surface area contributed by atoms with E-state index in [0.29, 0.717) is 23.6 Å². The van der Waals surface area contributed by atoms with Crippen LogP contribution in [0.5, 0.6) is 11.5 Å². The van der Waals surface area contributed by atoms with Crippen molar-refractivity contribution in [2.24, 2.45) is 0 Å². The van der Waals surface area contributed by atoms with Crippen molar-refractivity contribution in [3.8, 4) is 11.5 Å². The summed E-state index contributed by atoms with van der Waals surface area (Å²) >= 11 is 0. The number of methoxy groups -OCH3 is 1. The van der Waals surface area contributed by atoms with Crippen LogP contribution in [0, 0.1) is 0 Å². The summed E-state index contributed by atoms with van der Waals surface area (Å²) in [6.45, 7) is 3.95. The molecule has 0 spiro atoms. The second-order valence-corrected chi connectivity index (χ2v) is 4.28. The Labute approximate surface area is 124 Å². The summed E-state index contributed by atoms with van der Waals surface area (Å²) in [6.07, 6.45) is 1.64. The van der Waals surface area contributed by atoms with E-state index < -0.39 is 0 Å². The zero-order valence-electron chi connectivity index (χ0n) is 11.8. The lowest BCUT2D eigenvalue weighted by Crippen LogP contribution is -2.13. The lowest BCUT2D eigenvalue weighted by Gasteiger charge is -2.10. The molecule has 4 nitrogen and oxygen atoms in total. The van der Waals surface area contributed by atoms with Crippen molar-refractivity contribution in [1.29, 1.82) is 0 Å². The van der Waals surface area contributed by atoms with Gasteiger partial charge in [0.05, 0.1) is 12.7 Å². The van der Waals surface area contributed by atoms with E-state index in [1.807, 2.05) is 6.07 Å². The molecule has 0 saturated carbocycles. The SMILES string of the molecule is C=CCOc1ccccc1C(=O)Nc1ccc(OC)cc1. The Morgan fingerprint density at radius 2 is 1.90 bits per heavy atom. The Hall–Kier alpha value is -2.75. The molecule has 21 heavy (non-hydrogen) atoms. The molecule has 0 heterocycles. The highest BCUT2D eigenvalue weighted by atomic mass is 16.5. The van der Waals surface area contributed by atoms with Gasteiger partial charge in [0, 0.05) is 5.69 Å². The molecule has 0 aromatic heterocycles. The van der Waals surface area contributed by atoms with Gasteiger partial charge in [0.1, 0.15) is 18.1 Å². The fourth-order valence-corrected chi connectivity index (χ4v) is 1.80. The number of hydrogen-bond donors (Lipinski definition) is 1. The minimum absolute atomic E-state index is 0.222. The van der Waals surface area contributed by atoms with Crippen molar-refractivity contribution < 1.29 is 14.3 Å². The van der Waals surface area contributed by atoms with Crippen molar-refractivity contribution in [2.45, 2.75) is 0 Å². The zero-order chi connectivity index (χ0) is 15.1. The van der Waals surface area contributed by atoms with Gasteiger partial charge in [-0.1, -0.05) is 24.8 Å². The van der Waals surface area contributed by atoms with Crippen LogP contribution in [0.3, 0.4) is 0 Å². The van der Waals surface area contributed by atoms with E-state index >= 15 is 0 Å². The topological polar surface area (TPSA) is 47.6 Å². The molecule has 0 radical (unpaired) electrons. The number of nitrogens with one attached hydrogen (secondary N) is 1. The maximum absolute atomic E-state index is 12.3. The van der Waals surface area contributed by atoms with Gasteiger partial charge in [0.15, 0.2) is 0 Å². The number of rotatable bonds is 6. The minimum Gasteiger partial charge on any atom is -0.497 e. The molecule has 0 bridgehead atoms. The molecule has 0 atom stereocenters. The lowest BCUT2D eigenvalue weighted by molar-refractivity contribution is 0.102. The predicted molar refractivity (Wildman–Crippen MR) is 83.1 cm³/mol. The molecule has 2 aromatic carbocycles. The first-order valence-corrected chi connectivity index (χ1v) is 6.52. The third-order valence-corrected chi connectivity index (χ3v) is 2.84. The Morgan fingerprint density at radius 1 is 1.19 bits per heavy atom. The summed E-state index contributed by atoms with van der Waals surface area (Å²) in [7, 11) is 1.60. The van der Waals surface area contributed by atoms with Crippen LogP contribution in [0.15, 0.2) is 61.2 Å². The summed E-state index contributed by atoms with van der Waals surface area (Å²) in [6, 6.07) is 14.2. The first-order chi connectivity index (χ1) is 10.2. The summed E-state index contributed by atoms with van der Waals surface area (Å²) in [5.74, 6) is 1.05. The molecule has 0 saturated heterocycles. The van der Waals surface area contributed by atoms with Gasteiger partial charge in [0.25, 0.3) is 5.91 Å². The summed E-state index contributed by atoms with van der Waals surface area (Å²) in [5.41, 5.74) is 1.18. The standard InChI is InChI=1S/C17H17NO3/c1-3-12-21-16-7-5-4-6-15(16)17(19)18-13-8-10-14(20-2)11-9-13/h3-11H,1,12H2,2H3,(H,18,19). The van der Waals surface area contributed by atoms with E-state index in [1.54, 1.807) is 55.7 Å². The van der Waals surface area contributed by atoms with E-state index in [-0.39, 0.29) is 5.91 Å². The first kappa shape index (κ1) is 14.7. The van der Waals surface area contributed by atoms with Crippen LogP contribution in [-0.4, -0.2) is 19.6 Å². The monoisotopic (exact) mass is 283 g/mol. The fraction of sp³-hybridized carbons (Fsp3) is 0.118. The smallest absolute Gasteiger partial charge is 0.259 e. The minimum atomic E-state index is -0.222. The average Bonchev–Trinajstić information content (AvgIpc) is 2.54. The van der Waals surface area contributed by atoms with E-state index in [0.717, 1.165) is 5.75 Å². The molecular formula is C17H17NO3. The molecule has 0 aliphatic rings. The predicted octanol–water partition coefficient (Wildman–Crippen LogP) is 3.51. The second kappa shape index (κ2) is 7.14. The van der Waals surface area contributed by atoms with Gasteiger partial charge < -0.3 is 14.8 Å². The Kier molecular flexibility index (Phi) is 4.99. The number of benzene rings is 2. The van der Waals surface area contributed by atoms with Crippen molar-refractivity contribution in [3.63, 3.8) is 0 Å². The third-order valence-electron chi connectivity index (χ3n) is 2.84. The van der Waals surface area contributed by atoms with Crippen molar-refractivity contribution in [2.75, 3.05) is 19.0 Å². The van der Waals surface area contributed by atoms with E-state index in [9.17, 15) is 4.79 Å². The Balaban J connectivity index is 2.13. The number of carbonyl (C=O) groups excluding carboxylic acids is 1. The molecule has 0 fully saturated rings. The molecular weight excluding hydrogens is 266 g/mol. The quantitative estimate of drug-likeness (QED) is 0.825. The summed E-state index contributed by atoms with van der Waals surface area (Å²) in [5, 5.41) is 2.83. The van der Waals surface area contributed by atoms with Crippen LogP contribution in [0.4, 0.5) is 5.69 Å². The number of para-hydroxylation sites is 1. The summed E-state index contributed by atoms with van der Waals surface area (Å²) in [4.78, 5) is 12.3. The second-order valence-electron chi connectivity index (χ2n) is 4.28. The molecule has 1 N–H and O–H groups in total. The molecule has 0 aliphatic carbocycles. The van der Waals surface area contributed by atoms with Crippen molar-refractivity contribution >= 4 is 11.6 Å². The highest BCUT2D eigenvalue weighted by Gasteiger charge is 2.12. The van der Waals surface area contributed by atoms with Gasteiger partial charge in [0.2, 0.25) is 0 Å². The Bertz CT molecular complexity index is 620. The van der Waals surface area contributed by atoms with Gasteiger partial charge in [-0.2, -0.15) is 0 Å². The molecule has 0 unspecified atom stereocenters. The Morgan fingerprint density at radius 3 is 2.57 bits per heavy atom. The maximum Gasteiger partial charge on any atom is 0.259 e. The van der Waals surface area contributed by atoms with E-state index in [1.165, 1.54) is 0 Å². The van der Waals surface area contributed by atoms with E-state index in [4.69, 9.17) is 9.47 Å². The van der Waals surface area contributed by atoms with Gasteiger partial charge in [-0.05, 0) is 36.4 Å². The highest BCUT2D eigenvalue weighted by Crippen LogP contribution is 2.21. The largest absolute Gasteiger partial charge is 0.497 e. The number of ether oxygens (including phenoxy) is 2. The average molecular weight is 283 g/mol. The lowest BCUT2D eigenvalue weighted by atomic mass is 10.2. The van der Waals surface area contributed by atoms with Crippen LogP contribution in [0.2, 0.25) is 0 Å². The van der Waals surface area contributed by atoms with Crippen LogP contribution in [0.1, 0.15) is 10.4 Å². The normalized spacial score (nSPS) is 9.76. The van der Waals surface area contributed by atoms with Crippen molar-refractivity contribution in [3.05, 3.63) is 66.7 Å². The zero-order valence-corrected chi connectivity index (χ0v) is 11.8. The van der Waals surface area contributed by atoms with Gasteiger partial charge in [-0.15, -0.1) is 0 Å². The van der Waals surface area contributed by atoms with Crippen LogP contribution in [0.25, 0.3) is 0 Å². The fourth-order valence-electron chi connectivity index (χ4n) is 1.80.